The summed E-state index contributed by atoms with van der Waals surface area (Å²) >= 11 is 0. The summed E-state index contributed by atoms with van der Waals surface area (Å²) in [5.74, 6) is 0. The summed E-state index contributed by atoms with van der Waals surface area (Å²) in [5.41, 5.74) is 0. The lowest BCUT2D eigenvalue weighted by molar-refractivity contribution is -0.0905. The SMILES string of the molecule is CCCCC(C)OC1CCCCC1O. The highest BCUT2D eigenvalue weighted by atomic mass is 16.5. The monoisotopic (exact) mass is 200 g/mol. The van der Waals surface area contributed by atoms with E-state index in [4.69, 9.17) is 4.74 Å². The minimum atomic E-state index is -0.215. The Morgan fingerprint density at radius 3 is 2.71 bits per heavy atom. The van der Waals surface area contributed by atoms with Crippen molar-refractivity contribution in [1.82, 2.24) is 0 Å². The van der Waals surface area contributed by atoms with Crippen LogP contribution in [-0.2, 0) is 4.74 Å². The van der Waals surface area contributed by atoms with Crippen LogP contribution in [0.2, 0.25) is 0 Å². The highest BCUT2D eigenvalue weighted by molar-refractivity contribution is 4.75. The average Bonchev–Trinajstić information content (AvgIpc) is 2.18. The number of hydrogen-bond donors (Lipinski definition) is 1. The molecular weight excluding hydrogens is 176 g/mol. The molecule has 1 aliphatic rings. The van der Waals surface area contributed by atoms with Crippen LogP contribution >= 0.6 is 0 Å². The van der Waals surface area contributed by atoms with Gasteiger partial charge < -0.3 is 9.84 Å². The van der Waals surface area contributed by atoms with E-state index in [9.17, 15) is 5.11 Å². The summed E-state index contributed by atoms with van der Waals surface area (Å²) < 4.78 is 5.86. The summed E-state index contributed by atoms with van der Waals surface area (Å²) in [6, 6.07) is 0. The molecule has 3 unspecified atom stereocenters. The molecule has 1 rings (SSSR count). The Hall–Kier alpha value is -0.0800. The zero-order valence-electron chi connectivity index (χ0n) is 9.54. The predicted octanol–water partition coefficient (Wildman–Crippen LogP) is 2.89. The molecule has 0 aromatic carbocycles. The zero-order chi connectivity index (χ0) is 10.4. The maximum atomic E-state index is 9.72. The molecule has 0 spiro atoms. The van der Waals surface area contributed by atoms with Gasteiger partial charge in [-0.15, -0.1) is 0 Å². The normalized spacial score (nSPS) is 30.2. The molecule has 3 atom stereocenters. The van der Waals surface area contributed by atoms with Gasteiger partial charge in [0.05, 0.1) is 18.3 Å². The van der Waals surface area contributed by atoms with Crippen LogP contribution in [-0.4, -0.2) is 23.4 Å². The van der Waals surface area contributed by atoms with Crippen LogP contribution in [0.1, 0.15) is 58.8 Å². The topological polar surface area (TPSA) is 29.5 Å². The number of unbranched alkanes of at least 4 members (excludes halogenated alkanes) is 1. The zero-order valence-corrected chi connectivity index (χ0v) is 9.54. The molecule has 2 heteroatoms. The molecule has 1 N–H and O–H groups in total. The third-order valence-electron chi connectivity index (χ3n) is 3.04. The Labute approximate surface area is 87.7 Å². The molecular formula is C12H24O2. The van der Waals surface area contributed by atoms with Gasteiger partial charge in [0.15, 0.2) is 0 Å². The van der Waals surface area contributed by atoms with Crippen LogP contribution in [0.5, 0.6) is 0 Å². The third kappa shape index (κ3) is 3.97. The molecule has 0 aliphatic heterocycles. The van der Waals surface area contributed by atoms with Crippen molar-refractivity contribution in [2.24, 2.45) is 0 Å². The van der Waals surface area contributed by atoms with Gasteiger partial charge in [0.2, 0.25) is 0 Å². The van der Waals surface area contributed by atoms with E-state index in [0.717, 1.165) is 25.7 Å². The molecule has 0 radical (unpaired) electrons. The van der Waals surface area contributed by atoms with Gasteiger partial charge >= 0.3 is 0 Å². The first-order valence-electron chi connectivity index (χ1n) is 6.07. The Morgan fingerprint density at radius 2 is 2.07 bits per heavy atom. The highest BCUT2D eigenvalue weighted by Gasteiger charge is 2.24. The molecule has 14 heavy (non-hydrogen) atoms. The summed E-state index contributed by atoms with van der Waals surface area (Å²) in [6.45, 7) is 4.32. The first kappa shape index (κ1) is 12.0. The number of hydrogen-bond acceptors (Lipinski definition) is 2. The van der Waals surface area contributed by atoms with Crippen molar-refractivity contribution in [3.8, 4) is 0 Å². The summed E-state index contributed by atoms with van der Waals surface area (Å²) in [5, 5.41) is 9.72. The van der Waals surface area contributed by atoms with E-state index in [1.807, 2.05) is 0 Å². The van der Waals surface area contributed by atoms with Crippen LogP contribution in [0.25, 0.3) is 0 Å². The molecule has 0 bridgehead atoms. The fourth-order valence-corrected chi connectivity index (χ4v) is 2.09. The van der Waals surface area contributed by atoms with E-state index in [1.54, 1.807) is 0 Å². The van der Waals surface area contributed by atoms with Crippen LogP contribution in [0.3, 0.4) is 0 Å². The van der Waals surface area contributed by atoms with E-state index in [-0.39, 0.29) is 12.2 Å². The quantitative estimate of drug-likeness (QED) is 0.739. The van der Waals surface area contributed by atoms with Gasteiger partial charge in [-0.3, -0.25) is 0 Å². The second-order valence-electron chi connectivity index (χ2n) is 4.48. The highest BCUT2D eigenvalue weighted by Crippen LogP contribution is 2.23. The molecule has 1 fully saturated rings. The van der Waals surface area contributed by atoms with E-state index >= 15 is 0 Å². The lowest BCUT2D eigenvalue weighted by Crippen LogP contribution is -2.34. The number of aliphatic hydroxyl groups excluding tert-OH is 1. The van der Waals surface area contributed by atoms with Gasteiger partial charge in [-0.2, -0.15) is 0 Å². The van der Waals surface area contributed by atoms with Crippen molar-refractivity contribution in [2.75, 3.05) is 0 Å². The van der Waals surface area contributed by atoms with Crippen LogP contribution in [0.4, 0.5) is 0 Å². The molecule has 0 aromatic rings. The number of aliphatic hydroxyl groups is 1. The number of ether oxygens (including phenoxy) is 1. The van der Waals surface area contributed by atoms with Crippen LogP contribution in [0.15, 0.2) is 0 Å². The van der Waals surface area contributed by atoms with Gasteiger partial charge in [0, 0.05) is 0 Å². The largest absolute Gasteiger partial charge is 0.390 e. The van der Waals surface area contributed by atoms with Crippen molar-refractivity contribution < 1.29 is 9.84 Å². The fourth-order valence-electron chi connectivity index (χ4n) is 2.09. The smallest absolute Gasteiger partial charge is 0.0837 e. The molecule has 2 nitrogen and oxygen atoms in total. The average molecular weight is 200 g/mol. The summed E-state index contributed by atoms with van der Waals surface area (Å²) in [6.07, 6.45) is 8.11. The fraction of sp³-hybridized carbons (Fsp3) is 1.00. The first-order chi connectivity index (χ1) is 6.74. The third-order valence-corrected chi connectivity index (χ3v) is 3.04. The van der Waals surface area contributed by atoms with E-state index in [2.05, 4.69) is 13.8 Å². The van der Waals surface area contributed by atoms with Crippen LogP contribution < -0.4 is 0 Å². The molecule has 0 aromatic heterocycles. The van der Waals surface area contributed by atoms with Gasteiger partial charge in [0.1, 0.15) is 0 Å². The van der Waals surface area contributed by atoms with Gasteiger partial charge in [-0.1, -0.05) is 32.6 Å². The molecule has 0 saturated heterocycles. The first-order valence-corrected chi connectivity index (χ1v) is 6.07. The van der Waals surface area contributed by atoms with E-state index in [0.29, 0.717) is 6.10 Å². The summed E-state index contributed by atoms with van der Waals surface area (Å²) in [7, 11) is 0. The Kier molecular flexibility index (Phi) is 5.49. The Bertz CT molecular complexity index is 147. The Balaban J connectivity index is 2.20. The summed E-state index contributed by atoms with van der Waals surface area (Å²) in [4.78, 5) is 0. The van der Waals surface area contributed by atoms with Crippen molar-refractivity contribution in [3.05, 3.63) is 0 Å². The second kappa shape index (κ2) is 6.41. The maximum absolute atomic E-state index is 9.72. The molecule has 1 aliphatic carbocycles. The molecule has 1 saturated carbocycles. The molecule has 84 valence electrons. The molecule has 0 amide bonds. The lowest BCUT2D eigenvalue weighted by Gasteiger charge is -2.30. The van der Waals surface area contributed by atoms with Crippen molar-refractivity contribution in [3.63, 3.8) is 0 Å². The van der Waals surface area contributed by atoms with Crippen molar-refractivity contribution in [2.45, 2.75) is 77.1 Å². The standard InChI is InChI=1S/C12H24O2/c1-3-4-7-10(2)14-12-9-6-5-8-11(12)13/h10-13H,3-9H2,1-2H3. The van der Waals surface area contributed by atoms with Crippen molar-refractivity contribution in [1.29, 1.82) is 0 Å². The second-order valence-corrected chi connectivity index (χ2v) is 4.48. The van der Waals surface area contributed by atoms with Gasteiger partial charge in [-0.25, -0.2) is 0 Å². The van der Waals surface area contributed by atoms with Gasteiger partial charge in [-0.05, 0) is 26.2 Å². The Morgan fingerprint density at radius 1 is 1.36 bits per heavy atom. The van der Waals surface area contributed by atoms with E-state index < -0.39 is 0 Å². The van der Waals surface area contributed by atoms with Crippen molar-refractivity contribution >= 4 is 0 Å². The van der Waals surface area contributed by atoms with Gasteiger partial charge in [0.25, 0.3) is 0 Å². The predicted molar refractivity (Wildman–Crippen MR) is 58.3 cm³/mol. The maximum Gasteiger partial charge on any atom is 0.0837 e. The minimum absolute atomic E-state index is 0.107. The number of rotatable bonds is 5. The lowest BCUT2D eigenvalue weighted by atomic mass is 9.94. The van der Waals surface area contributed by atoms with E-state index in [1.165, 1.54) is 19.3 Å². The van der Waals surface area contributed by atoms with Crippen LogP contribution in [0, 0.1) is 0 Å². The molecule has 0 heterocycles. The minimum Gasteiger partial charge on any atom is -0.390 e.